The average molecular weight is 565 g/mol. The lowest BCUT2D eigenvalue weighted by atomic mass is 10.0. The van der Waals surface area contributed by atoms with Crippen molar-refractivity contribution in [1.29, 1.82) is 5.41 Å². The normalized spacial score (nSPS) is 10.8. The highest BCUT2D eigenvalue weighted by atomic mass is 19.2. The van der Waals surface area contributed by atoms with Gasteiger partial charge in [-0.15, -0.1) is 0 Å². The molecule has 204 valence electrons. The number of ether oxygens (including phenoxy) is 2. The Morgan fingerprint density at radius 2 is 0.825 bits per heavy atom. The second kappa shape index (κ2) is 11.0. The van der Waals surface area contributed by atoms with Crippen LogP contribution in [0.3, 0.4) is 0 Å². The first-order valence-electron chi connectivity index (χ1n) is 10.8. The van der Waals surface area contributed by atoms with E-state index >= 15 is 0 Å². The summed E-state index contributed by atoms with van der Waals surface area (Å²) in [5.74, 6) is -16.4. The van der Waals surface area contributed by atoms with E-state index in [1.165, 1.54) is 0 Å². The van der Waals surface area contributed by atoms with Crippen molar-refractivity contribution >= 4 is 17.7 Å². The van der Waals surface area contributed by atoms with Gasteiger partial charge in [0.1, 0.15) is 23.1 Å². The minimum absolute atomic E-state index is 0.365. The summed E-state index contributed by atoms with van der Waals surface area (Å²) >= 11 is 0. The Morgan fingerprint density at radius 3 is 1.12 bits per heavy atom. The lowest BCUT2D eigenvalue weighted by molar-refractivity contribution is -0.132. The maximum absolute atomic E-state index is 14.5. The molecule has 0 aliphatic rings. The molecule has 4 aromatic rings. The van der Waals surface area contributed by atoms with Gasteiger partial charge in [0.15, 0.2) is 34.9 Å². The molecule has 0 saturated heterocycles. The number of halogens is 8. The molecule has 0 amide bonds. The molecule has 0 atom stereocenters. The number of hydrogen-bond donors (Lipinski definition) is 1. The number of rotatable bonds is 6. The van der Waals surface area contributed by atoms with Crippen molar-refractivity contribution in [3.8, 4) is 33.8 Å². The van der Waals surface area contributed by atoms with Crippen LogP contribution in [-0.4, -0.2) is 17.7 Å². The third-order valence-corrected chi connectivity index (χ3v) is 5.30. The summed E-state index contributed by atoms with van der Waals surface area (Å²) in [4.78, 5) is 24.3. The molecule has 0 aliphatic heterocycles. The number of esters is 2. The van der Waals surface area contributed by atoms with Crippen molar-refractivity contribution in [1.82, 2.24) is 0 Å². The summed E-state index contributed by atoms with van der Waals surface area (Å²) in [6.45, 7) is 0. The van der Waals surface area contributed by atoms with E-state index in [2.05, 4.69) is 0 Å². The highest BCUT2D eigenvalue weighted by molar-refractivity contribution is 6.62. The molecule has 0 aliphatic carbocycles. The van der Waals surface area contributed by atoms with Crippen molar-refractivity contribution in [3.05, 3.63) is 107 Å². The molecule has 1 N–H and O–H groups in total. The summed E-state index contributed by atoms with van der Waals surface area (Å²) in [6, 6.07) is 7.16. The predicted molar refractivity (Wildman–Crippen MR) is 122 cm³/mol. The molecule has 4 rings (SSSR count). The number of hydrogen-bond acceptors (Lipinski definition) is 5. The van der Waals surface area contributed by atoms with E-state index in [9.17, 15) is 44.7 Å². The maximum Gasteiger partial charge on any atom is 0.369 e. The Morgan fingerprint density at radius 1 is 0.500 bits per heavy atom. The van der Waals surface area contributed by atoms with Gasteiger partial charge in [0, 0.05) is 23.3 Å². The fourth-order valence-corrected chi connectivity index (χ4v) is 3.41. The lowest BCUT2D eigenvalue weighted by Crippen LogP contribution is -2.31. The monoisotopic (exact) mass is 565 g/mol. The van der Waals surface area contributed by atoms with Crippen molar-refractivity contribution in [2.75, 3.05) is 0 Å². The van der Waals surface area contributed by atoms with Crippen LogP contribution in [0.2, 0.25) is 0 Å². The topological polar surface area (TPSA) is 76.5 Å². The zero-order valence-electron chi connectivity index (χ0n) is 19.4. The van der Waals surface area contributed by atoms with Gasteiger partial charge in [0.05, 0.1) is 0 Å². The van der Waals surface area contributed by atoms with Crippen molar-refractivity contribution < 1.29 is 54.2 Å². The second-order valence-electron chi connectivity index (χ2n) is 7.95. The van der Waals surface area contributed by atoms with Gasteiger partial charge < -0.3 is 9.47 Å². The fourth-order valence-electron chi connectivity index (χ4n) is 3.41. The Labute approximate surface area is 218 Å². The molecule has 5 nitrogen and oxygen atoms in total. The van der Waals surface area contributed by atoms with E-state index < -0.39 is 75.7 Å². The molecule has 0 saturated carbocycles. The third kappa shape index (κ3) is 5.67. The van der Waals surface area contributed by atoms with Gasteiger partial charge in [-0.2, -0.15) is 0 Å². The molecule has 0 aromatic heterocycles. The van der Waals surface area contributed by atoms with Gasteiger partial charge in [0.2, 0.25) is 5.71 Å². The van der Waals surface area contributed by atoms with E-state index in [0.717, 1.165) is 24.3 Å². The van der Waals surface area contributed by atoms with Crippen LogP contribution >= 0.6 is 0 Å². The van der Waals surface area contributed by atoms with E-state index in [1.54, 1.807) is 0 Å². The first-order valence-corrected chi connectivity index (χ1v) is 10.8. The number of carbonyl (C=O) groups excluding carboxylic acids is 2. The molecule has 13 heteroatoms. The van der Waals surface area contributed by atoms with Gasteiger partial charge in [-0.3, -0.25) is 5.41 Å². The number of benzene rings is 4. The van der Waals surface area contributed by atoms with Crippen LogP contribution in [-0.2, 0) is 9.59 Å². The highest BCUT2D eigenvalue weighted by Gasteiger charge is 2.24. The molecule has 0 unspecified atom stereocenters. The predicted octanol–water partition coefficient (Wildman–Crippen LogP) is 6.66. The summed E-state index contributed by atoms with van der Waals surface area (Å²) in [6.07, 6.45) is 0. The first-order chi connectivity index (χ1) is 18.8. The fraction of sp³-hybridized carbons (Fsp3) is 0. The summed E-state index contributed by atoms with van der Waals surface area (Å²) < 4.78 is 119. The van der Waals surface area contributed by atoms with Crippen LogP contribution in [0.25, 0.3) is 22.3 Å². The Hall–Kier alpha value is -5.07. The van der Waals surface area contributed by atoms with Crippen molar-refractivity contribution in [2.24, 2.45) is 0 Å². The summed E-state index contributed by atoms with van der Waals surface area (Å²) in [5.41, 5.74) is -2.90. The van der Waals surface area contributed by atoms with E-state index in [4.69, 9.17) is 14.9 Å². The number of nitrogens with one attached hydrogen (secondary N) is 1. The molecule has 0 spiro atoms. The minimum Gasteiger partial charge on any atom is -0.422 e. The summed E-state index contributed by atoms with van der Waals surface area (Å²) in [5, 5.41) is 7.62. The van der Waals surface area contributed by atoms with Gasteiger partial charge >= 0.3 is 11.9 Å². The zero-order valence-corrected chi connectivity index (χ0v) is 19.4. The average Bonchev–Trinajstić information content (AvgIpc) is 2.89. The molecular weight excluding hydrogens is 554 g/mol. The summed E-state index contributed by atoms with van der Waals surface area (Å²) in [7, 11) is 0. The van der Waals surface area contributed by atoms with Gasteiger partial charge in [-0.1, -0.05) is 0 Å². The lowest BCUT2D eigenvalue weighted by Gasteiger charge is -2.10. The molecule has 4 aromatic carbocycles. The third-order valence-electron chi connectivity index (χ3n) is 5.30. The maximum atomic E-state index is 14.5. The smallest absolute Gasteiger partial charge is 0.369 e. The van der Waals surface area contributed by atoms with Crippen molar-refractivity contribution in [2.45, 2.75) is 0 Å². The first kappa shape index (κ1) is 28.0. The minimum atomic E-state index is -1.75. The van der Waals surface area contributed by atoms with Gasteiger partial charge in [-0.25, -0.2) is 44.7 Å². The quantitative estimate of drug-likeness (QED) is 0.0709. The Kier molecular flexibility index (Phi) is 7.66. The standard InChI is InChI=1S/C27H11F8NO4/c28-17-9-13(1-3-15(17)11-5-19(30)23(34)20(31)6-11)39-26(37)25(36)27(38)40-14-2-4-16(18(29)10-14)12-7-21(32)24(35)22(33)8-12/h1-10,36H. The second-order valence-corrected chi connectivity index (χ2v) is 7.95. The van der Waals surface area contributed by atoms with E-state index in [0.29, 0.717) is 36.4 Å². The SMILES string of the molecule is N=C(C(=O)Oc1ccc(-c2cc(F)c(F)c(F)c2)c(F)c1)C(=O)Oc1ccc(-c2cc(F)c(F)c(F)c2)c(F)c1. The molecule has 0 heterocycles. The van der Waals surface area contributed by atoms with Crippen LogP contribution < -0.4 is 9.47 Å². The Balaban J connectivity index is 1.44. The molecular formula is C27H11F8NO4. The molecule has 0 fully saturated rings. The molecule has 0 bridgehead atoms. The van der Waals surface area contributed by atoms with Crippen LogP contribution in [0, 0.1) is 51.9 Å². The van der Waals surface area contributed by atoms with Crippen LogP contribution in [0.1, 0.15) is 0 Å². The van der Waals surface area contributed by atoms with Crippen LogP contribution in [0.4, 0.5) is 35.1 Å². The van der Waals surface area contributed by atoms with Gasteiger partial charge in [-0.05, 0) is 59.7 Å². The highest BCUT2D eigenvalue weighted by Crippen LogP contribution is 2.30. The number of carbonyl (C=O) groups is 2. The van der Waals surface area contributed by atoms with E-state index in [1.807, 2.05) is 0 Å². The van der Waals surface area contributed by atoms with Crippen molar-refractivity contribution in [3.63, 3.8) is 0 Å². The zero-order chi connectivity index (χ0) is 29.3. The van der Waals surface area contributed by atoms with Crippen LogP contribution in [0.5, 0.6) is 11.5 Å². The Bertz CT molecular complexity index is 1540. The van der Waals surface area contributed by atoms with Crippen LogP contribution in [0.15, 0.2) is 60.7 Å². The molecule has 0 radical (unpaired) electrons. The van der Waals surface area contributed by atoms with E-state index in [-0.39, 0.29) is 22.3 Å². The largest absolute Gasteiger partial charge is 0.422 e. The van der Waals surface area contributed by atoms with Gasteiger partial charge in [0.25, 0.3) is 0 Å². The molecule has 40 heavy (non-hydrogen) atoms.